The van der Waals surface area contributed by atoms with Gasteiger partial charge in [0.2, 0.25) is 0 Å². The highest BCUT2D eigenvalue weighted by molar-refractivity contribution is 7.19. The number of halogens is 6. The molecule has 0 radical (unpaired) electrons. The Morgan fingerprint density at radius 1 is 1.21 bits per heavy atom. The van der Waals surface area contributed by atoms with E-state index in [0.717, 1.165) is 23.6 Å². The van der Waals surface area contributed by atoms with Crippen LogP contribution in [0.3, 0.4) is 0 Å². The molecule has 3 aromatic rings. The Morgan fingerprint density at radius 3 is 2.54 bits per heavy atom. The molecule has 3 rings (SSSR count). The summed E-state index contributed by atoms with van der Waals surface area (Å²) < 4.78 is 54.4. The first-order valence-corrected chi connectivity index (χ1v) is 8.01. The van der Waals surface area contributed by atoms with E-state index in [1.165, 1.54) is 10.8 Å². The van der Waals surface area contributed by atoms with Crippen molar-refractivity contribution in [2.45, 2.75) is 12.7 Å². The van der Waals surface area contributed by atoms with Gasteiger partial charge in [-0.05, 0) is 18.2 Å². The van der Waals surface area contributed by atoms with Crippen LogP contribution in [-0.4, -0.2) is 14.5 Å². The van der Waals surface area contributed by atoms with E-state index in [1.807, 2.05) is 0 Å². The van der Waals surface area contributed by atoms with Crippen LogP contribution in [0.5, 0.6) is 0 Å². The lowest BCUT2D eigenvalue weighted by atomic mass is 10.3. The van der Waals surface area contributed by atoms with Crippen molar-refractivity contribution in [3.05, 3.63) is 57.2 Å². The van der Waals surface area contributed by atoms with Crippen LogP contribution in [0.2, 0.25) is 9.36 Å². The maximum Gasteiger partial charge on any atom is 0.434 e. The Kier molecular flexibility index (Phi) is 4.54. The van der Waals surface area contributed by atoms with Crippen molar-refractivity contribution < 1.29 is 17.6 Å². The fourth-order valence-corrected chi connectivity index (χ4v) is 3.22. The van der Waals surface area contributed by atoms with Crippen LogP contribution in [-0.2, 0) is 12.7 Å². The van der Waals surface area contributed by atoms with Gasteiger partial charge in [-0.25, -0.2) is 9.37 Å². The second kappa shape index (κ2) is 6.34. The van der Waals surface area contributed by atoms with E-state index in [2.05, 4.69) is 9.97 Å². The van der Waals surface area contributed by atoms with E-state index in [-0.39, 0.29) is 23.1 Å². The highest BCUT2D eigenvalue weighted by Crippen LogP contribution is 2.35. The molecule has 3 nitrogen and oxygen atoms in total. The largest absolute Gasteiger partial charge is 0.434 e. The summed E-state index contributed by atoms with van der Waals surface area (Å²) in [5.74, 6) is -0.671. The first-order chi connectivity index (χ1) is 11.2. The second-order valence-corrected chi connectivity index (χ2v) is 6.91. The van der Waals surface area contributed by atoms with Crippen LogP contribution in [0, 0.1) is 5.82 Å². The van der Waals surface area contributed by atoms with Gasteiger partial charge in [0, 0.05) is 12.4 Å². The first-order valence-electron chi connectivity index (χ1n) is 6.44. The van der Waals surface area contributed by atoms with Crippen LogP contribution < -0.4 is 0 Å². The quantitative estimate of drug-likeness (QED) is 0.546. The zero-order chi connectivity index (χ0) is 17.5. The molecule has 0 aromatic carbocycles. The number of hydrogen-bond donors (Lipinski definition) is 0. The number of pyridine rings is 1. The maximum absolute atomic E-state index is 13.9. The van der Waals surface area contributed by atoms with E-state index in [1.54, 1.807) is 12.1 Å². The van der Waals surface area contributed by atoms with Crippen molar-refractivity contribution in [3.63, 3.8) is 0 Å². The van der Waals surface area contributed by atoms with Crippen LogP contribution in [0.15, 0.2) is 30.6 Å². The topological polar surface area (TPSA) is 30.7 Å². The predicted octanol–water partition coefficient (Wildman–Crippen LogP) is 5.52. The Bertz CT molecular complexity index is 889. The Hall–Kier alpha value is -1.64. The van der Waals surface area contributed by atoms with Gasteiger partial charge in [0.05, 0.1) is 26.5 Å². The lowest BCUT2D eigenvalue weighted by molar-refractivity contribution is -0.140. The van der Waals surface area contributed by atoms with Crippen molar-refractivity contribution in [3.8, 4) is 10.7 Å². The molecule has 0 saturated carbocycles. The lowest BCUT2D eigenvalue weighted by Gasteiger charge is -2.07. The summed E-state index contributed by atoms with van der Waals surface area (Å²) in [4.78, 5) is 7.88. The molecule has 126 valence electrons. The number of hydrogen-bond acceptors (Lipinski definition) is 3. The minimum atomic E-state index is -4.62. The predicted molar refractivity (Wildman–Crippen MR) is 83.9 cm³/mol. The van der Waals surface area contributed by atoms with Gasteiger partial charge in [0.1, 0.15) is 5.82 Å². The molecule has 3 heterocycles. The SMILES string of the molecule is Fc1cc(Cl)cnc1Cn1cc(C(F)(F)F)nc1-c1ccc(Cl)s1. The molecule has 0 bridgehead atoms. The molecular formula is C14H7Cl2F4N3S. The zero-order valence-electron chi connectivity index (χ0n) is 11.6. The Labute approximate surface area is 147 Å². The van der Waals surface area contributed by atoms with Gasteiger partial charge in [-0.2, -0.15) is 13.2 Å². The van der Waals surface area contributed by atoms with Crippen molar-refractivity contribution in [1.82, 2.24) is 14.5 Å². The molecule has 10 heteroatoms. The van der Waals surface area contributed by atoms with Crippen LogP contribution >= 0.6 is 34.5 Å². The van der Waals surface area contributed by atoms with E-state index >= 15 is 0 Å². The highest BCUT2D eigenvalue weighted by Gasteiger charge is 2.35. The van der Waals surface area contributed by atoms with Crippen molar-refractivity contribution in [1.29, 1.82) is 0 Å². The van der Waals surface area contributed by atoms with Crippen LogP contribution in [0.25, 0.3) is 10.7 Å². The summed E-state index contributed by atoms with van der Waals surface area (Å²) in [6.07, 6.45) is -2.57. The van der Waals surface area contributed by atoms with E-state index in [9.17, 15) is 17.6 Å². The number of rotatable bonds is 3. The minimum absolute atomic E-state index is 0.0374. The van der Waals surface area contributed by atoms with Gasteiger partial charge in [0.15, 0.2) is 11.5 Å². The molecule has 3 aromatic heterocycles. The monoisotopic (exact) mass is 395 g/mol. The van der Waals surface area contributed by atoms with Gasteiger partial charge in [-0.1, -0.05) is 23.2 Å². The Morgan fingerprint density at radius 2 is 1.96 bits per heavy atom. The number of nitrogens with zero attached hydrogens (tertiary/aromatic N) is 3. The van der Waals surface area contributed by atoms with Gasteiger partial charge in [-0.15, -0.1) is 11.3 Å². The highest BCUT2D eigenvalue weighted by atomic mass is 35.5. The Balaban J connectivity index is 2.06. The van der Waals surface area contributed by atoms with Crippen LogP contribution in [0.4, 0.5) is 17.6 Å². The lowest BCUT2D eigenvalue weighted by Crippen LogP contribution is -2.06. The van der Waals surface area contributed by atoms with Gasteiger partial charge in [0.25, 0.3) is 0 Å². The summed E-state index contributed by atoms with van der Waals surface area (Å²) in [6.45, 7) is -0.225. The van der Waals surface area contributed by atoms with Gasteiger partial charge < -0.3 is 4.57 Å². The first kappa shape index (κ1) is 17.2. The maximum atomic E-state index is 13.9. The number of imidazole rings is 1. The normalized spacial score (nSPS) is 11.9. The van der Waals surface area contributed by atoms with E-state index in [0.29, 0.717) is 9.21 Å². The smallest absolute Gasteiger partial charge is 0.324 e. The standard InChI is InChI=1S/C14H7Cl2F4N3S/c15-7-3-8(17)9(21-4-7)5-23-6-11(14(18,19)20)22-13(23)10-1-2-12(16)24-10/h1-4,6H,5H2. The summed E-state index contributed by atoms with van der Waals surface area (Å²) in [5, 5.41) is 0.100. The number of thiophene rings is 1. The number of aromatic nitrogens is 3. The van der Waals surface area contributed by atoms with Crippen molar-refractivity contribution in [2.24, 2.45) is 0 Å². The fourth-order valence-electron chi connectivity index (χ4n) is 2.02. The third kappa shape index (κ3) is 3.55. The van der Waals surface area contributed by atoms with Crippen molar-refractivity contribution in [2.75, 3.05) is 0 Å². The molecule has 0 aliphatic carbocycles. The molecule has 0 atom stereocenters. The average Bonchev–Trinajstić information content (AvgIpc) is 3.07. The third-order valence-electron chi connectivity index (χ3n) is 3.06. The molecule has 0 amide bonds. The second-order valence-electron chi connectivity index (χ2n) is 4.76. The van der Waals surface area contributed by atoms with E-state index in [4.69, 9.17) is 23.2 Å². The van der Waals surface area contributed by atoms with Gasteiger partial charge >= 0.3 is 6.18 Å². The van der Waals surface area contributed by atoms with Crippen molar-refractivity contribution >= 4 is 34.5 Å². The summed E-state index contributed by atoms with van der Waals surface area (Å²) >= 11 is 12.5. The molecule has 0 aliphatic heterocycles. The molecule has 0 saturated heterocycles. The van der Waals surface area contributed by atoms with Crippen LogP contribution in [0.1, 0.15) is 11.4 Å². The molecule has 0 fully saturated rings. The molecule has 24 heavy (non-hydrogen) atoms. The summed E-state index contributed by atoms with van der Waals surface area (Å²) in [7, 11) is 0. The summed E-state index contributed by atoms with van der Waals surface area (Å²) in [6, 6.07) is 4.15. The molecule has 0 aliphatic rings. The fraction of sp³-hybridized carbons (Fsp3) is 0.143. The zero-order valence-corrected chi connectivity index (χ0v) is 13.9. The van der Waals surface area contributed by atoms with Gasteiger partial charge in [-0.3, -0.25) is 4.98 Å². The third-order valence-corrected chi connectivity index (χ3v) is 4.50. The molecular weight excluding hydrogens is 389 g/mol. The molecule has 0 unspecified atom stereocenters. The molecule has 0 spiro atoms. The average molecular weight is 396 g/mol. The molecule has 0 N–H and O–H groups in total. The number of alkyl halides is 3. The minimum Gasteiger partial charge on any atom is -0.324 e. The van der Waals surface area contributed by atoms with E-state index < -0.39 is 17.7 Å². The summed E-state index contributed by atoms with van der Waals surface area (Å²) in [5.41, 5.74) is -1.12.